The van der Waals surface area contributed by atoms with Crippen molar-refractivity contribution in [2.24, 2.45) is 10.3 Å². The van der Waals surface area contributed by atoms with Crippen LogP contribution in [0.25, 0.3) is 11.1 Å². The molecular formula is C20H23FIN3OSi. The molecule has 0 spiro atoms. The van der Waals surface area contributed by atoms with E-state index < -0.39 is 8.07 Å². The largest absolute Gasteiger partial charge is 0.298 e. The van der Waals surface area contributed by atoms with E-state index in [1.165, 1.54) is 12.1 Å². The Morgan fingerprint density at radius 2 is 1.89 bits per heavy atom. The van der Waals surface area contributed by atoms with Gasteiger partial charge in [-0.15, -0.1) is 5.11 Å². The molecule has 1 aliphatic rings. The summed E-state index contributed by atoms with van der Waals surface area (Å²) in [5.74, 6) is -0.333. The van der Waals surface area contributed by atoms with Crippen LogP contribution in [0.3, 0.4) is 0 Å². The van der Waals surface area contributed by atoms with Crippen LogP contribution >= 0.6 is 22.6 Å². The summed E-state index contributed by atoms with van der Waals surface area (Å²) in [6.07, 6.45) is 3.05. The van der Waals surface area contributed by atoms with Crippen molar-refractivity contribution in [3.8, 4) is 11.1 Å². The van der Waals surface area contributed by atoms with Crippen LogP contribution in [0.2, 0.25) is 19.6 Å². The molecule has 1 heterocycles. The van der Waals surface area contributed by atoms with E-state index in [0.717, 1.165) is 41.0 Å². The van der Waals surface area contributed by atoms with Crippen LogP contribution in [-0.2, 0) is 0 Å². The maximum Gasteiger partial charge on any atom is 0.150 e. The summed E-state index contributed by atoms with van der Waals surface area (Å²) in [4.78, 5) is 11.8. The van der Waals surface area contributed by atoms with E-state index in [-0.39, 0.29) is 5.82 Å². The van der Waals surface area contributed by atoms with Gasteiger partial charge < -0.3 is 0 Å². The van der Waals surface area contributed by atoms with Gasteiger partial charge in [-0.25, -0.2) is 4.39 Å². The van der Waals surface area contributed by atoms with Crippen LogP contribution in [0.1, 0.15) is 23.2 Å². The first-order valence-electron chi connectivity index (χ1n) is 9.06. The van der Waals surface area contributed by atoms with Gasteiger partial charge in [-0.2, -0.15) is 0 Å². The lowest BCUT2D eigenvalue weighted by Gasteiger charge is -2.24. The number of hydrogen-bond donors (Lipinski definition) is 0. The van der Waals surface area contributed by atoms with Gasteiger partial charge in [0.2, 0.25) is 0 Å². The molecule has 2 aromatic carbocycles. The molecule has 0 amide bonds. The Labute approximate surface area is 174 Å². The highest BCUT2D eigenvalue weighted by Gasteiger charge is 2.28. The lowest BCUT2D eigenvalue weighted by atomic mass is 9.98. The van der Waals surface area contributed by atoms with Gasteiger partial charge in [0, 0.05) is 27.8 Å². The summed E-state index contributed by atoms with van der Waals surface area (Å²) < 4.78 is 14.9. The number of aldehydes is 1. The number of rotatable bonds is 5. The van der Waals surface area contributed by atoms with Crippen LogP contribution in [-0.4, -0.2) is 32.5 Å². The minimum atomic E-state index is -1.80. The predicted octanol–water partition coefficient (Wildman–Crippen LogP) is 5.55. The van der Waals surface area contributed by atoms with E-state index in [0.29, 0.717) is 22.4 Å². The smallest absolute Gasteiger partial charge is 0.150 e. The van der Waals surface area contributed by atoms with E-state index >= 15 is 0 Å². The average Bonchev–Trinajstić information content (AvgIpc) is 3.11. The molecule has 0 aliphatic carbocycles. The van der Waals surface area contributed by atoms with Crippen molar-refractivity contribution in [2.45, 2.75) is 32.5 Å². The van der Waals surface area contributed by atoms with Crippen LogP contribution < -0.4 is 5.19 Å². The SMILES string of the molecule is C[Si](C)(C)c1c(I)cc(C=O)c(-c2cccc(F)c2)c1N=NN1CCCC1. The third kappa shape index (κ3) is 4.45. The zero-order chi connectivity index (χ0) is 19.6. The fourth-order valence-corrected chi connectivity index (χ4v) is 8.10. The highest BCUT2D eigenvalue weighted by atomic mass is 127. The minimum absolute atomic E-state index is 0.333. The van der Waals surface area contributed by atoms with Gasteiger partial charge in [0.1, 0.15) is 5.82 Å². The van der Waals surface area contributed by atoms with Crippen molar-refractivity contribution >= 4 is 47.8 Å². The molecular weight excluding hydrogens is 472 g/mol. The fourth-order valence-electron chi connectivity index (χ4n) is 3.41. The Hall–Kier alpha value is -1.61. The second-order valence-corrected chi connectivity index (χ2v) is 13.9. The van der Waals surface area contributed by atoms with Crippen LogP contribution in [0.15, 0.2) is 40.7 Å². The van der Waals surface area contributed by atoms with Crippen molar-refractivity contribution in [3.63, 3.8) is 0 Å². The summed E-state index contributed by atoms with van der Waals surface area (Å²) in [7, 11) is -1.80. The second-order valence-electron chi connectivity index (χ2n) is 7.77. The number of carbonyl (C=O) groups is 1. The molecule has 0 unspecified atom stereocenters. The molecule has 4 nitrogen and oxygen atoms in total. The Bertz CT molecular complexity index is 890. The van der Waals surface area contributed by atoms with Gasteiger partial charge in [0.25, 0.3) is 0 Å². The molecule has 3 rings (SSSR count). The molecule has 7 heteroatoms. The average molecular weight is 495 g/mol. The third-order valence-electron chi connectivity index (χ3n) is 4.63. The van der Waals surface area contributed by atoms with Crippen molar-refractivity contribution in [1.82, 2.24) is 5.01 Å². The lowest BCUT2D eigenvalue weighted by Crippen LogP contribution is -2.40. The summed E-state index contributed by atoms with van der Waals surface area (Å²) in [5, 5.41) is 12.2. The zero-order valence-corrected chi connectivity index (χ0v) is 19.0. The lowest BCUT2D eigenvalue weighted by molar-refractivity contribution is 0.112. The molecule has 1 saturated heterocycles. The summed E-state index contributed by atoms with van der Waals surface area (Å²) in [6.45, 7) is 8.52. The van der Waals surface area contributed by atoms with Crippen LogP contribution in [0, 0.1) is 9.39 Å². The normalized spacial score (nSPS) is 14.9. The van der Waals surface area contributed by atoms with Gasteiger partial charge in [-0.3, -0.25) is 9.80 Å². The molecule has 27 heavy (non-hydrogen) atoms. The predicted molar refractivity (Wildman–Crippen MR) is 118 cm³/mol. The Morgan fingerprint density at radius 1 is 1.19 bits per heavy atom. The maximum atomic E-state index is 13.9. The second kappa shape index (κ2) is 8.18. The minimum Gasteiger partial charge on any atom is -0.298 e. The van der Waals surface area contributed by atoms with Crippen LogP contribution in [0.4, 0.5) is 10.1 Å². The van der Waals surface area contributed by atoms with E-state index in [9.17, 15) is 9.18 Å². The summed E-state index contributed by atoms with van der Waals surface area (Å²) in [6, 6.07) is 8.23. The first-order chi connectivity index (χ1) is 12.8. The maximum absolute atomic E-state index is 13.9. The number of carbonyl (C=O) groups excluding carboxylic acids is 1. The van der Waals surface area contributed by atoms with Gasteiger partial charge in [-0.05, 0) is 64.4 Å². The standard InChI is InChI=1S/C20H23FIN3OSi/c1-27(2,3)20-17(22)12-15(13-26)18(14-7-6-8-16(21)11-14)19(20)23-24-25-9-4-5-10-25/h6-8,11-13H,4-5,9-10H2,1-3H3. The molecule has 0 atom stereocenters. The van der Waals surface area contributed by atoms with E-state index in [1.807, 2.05) is 17.1 Å². The van der Waals surface area contributed by atoms with Crippen LogP contribution in [0.5, 0.6) is 0 Å². The Kier molecular flexibility index (Phi) is 6.10. The molecule has 0 radical (unpaired) electrons. The van der Waals surface area contributed by atoms with Gasteiger partial charge in [0.15, 0.2) is 6.29 Å². The van der Waals surface area contributed by atoms with E-state index in [1.54, 1.807) is 6.07 Å². The molecule has 0 saturated carbocycles. The third-order valence-corrected chi connectivity index (χ3v) is 7.99. The first kappa shape index (κ1) is 20.1. The molecule has 1 fully saturated rings. The molecule has 2 aromatic rings. The van der Waals surface area contributed by atoms with Crippen molar-refractivity contribution in [1.29, 1.82) is 0 Å². The van der Waals surface area contributed by atoms with Gasteiger partial charge in [0.05, 0.1) is 13.8 Å². The van der Waals surface area contributed by atoms with Gasteiger partial charge in [-0.1, -0.05) is 37.0 Å². The van der Waals surface area contributed by atoms with E-state index in [4.69, 9.17) is 0 Å². The molecule has 0 N–H and O–H groups in total. The topological polar surface area (TPSA) is 45.0 Å². The fraction of sp³-hybridized carbons (Fsp3) is 0.350. The number of nitrogens with zero attached hydrogens (tertiary/aromatic N) is 3. The van der Waals surface area contributed by atoms with Crippen molar-refractivity contribution in [3.05, 3.63) is 45.3 Å². The molecule has 0 aromatic heterocycles. The Morgan fingerprint density at radius 3 is 2.48 bits per heavy atom. The van der Waals surface area contributed by atoms with Crippen molar-refractivity contribution < 1.29 is 9.18 Å². The van der Waals surface area contributed by atoms with Crippen molar-refractivity contribution in [2.75, 3.05) is 13.1 Å². The first-order valence-corrected chi connectivity index (χ1v) is 13.6. The summed E-state index contributed by atoms with van der Waals surface area (Å²) in [5.41, 5.74) is 2.55. The number of hydrogen-bond acceptors (Lipinski definition) is 3. The molecule has 1 aliphatic heterocycles. The molecule has 0 bridgehead atoms. The Balaban J connectivity index is 2.29. The highest BCUT2D eigenvalue weighted by Crippen LogP contribution is 2.36. The number of halogens is 2. The quantitative estimate of drug-likeness (QED) is 0.236. The summed E-state index contributed by atoms with van der Waals surface area (Å²) >= 11 is 2.28. The zero-order valence-electron chi connectivity index (χ0n) is 15.8. The van der Waals surface area contributed by atoms with Gasteiger partial charge >= 0.3 is 0 Å². The monoisotopic (exact) mass is 495 g/mol. The molecule has 142 valence electrons. The highest BCUT2D eigenvalue weighted by molar-refractivity contribution is 14.1. The number of benzene rings is 2. The van der Waals surface area contributed by atoms with E-state index in [2.05, 4.69) is 52.6 Å².